The number of anilines is 2. The average Bonchev–Trinajstić information content (AvgIpc) is 2.67. The molecule has 1 aliphatic rings. The van der Waals surface area contributed by atoms with Crippen LogP contribution in [0.4, 0.5) is 17.3 Å². The number of nitro groups is 1. The van der Waals surface area contributed by atoms with Gasteiger partial charge < -0.3 is 14.7 Å². The second kappa shape index (κ2) is 9.49. The smallest absolute Gasteiger partial charge is 0.349 e. The molecule has 0 atom stereocenters. The van der Waals surface area contributed by atoms with Gasteiger partial charge in [0, 0.05) is 39.3 Å². The molecule has 0 saturated carbocycles. The zero-order chi connectivity index (χ0) is 18.9. The molecule has 1 aliphatic heterocycles. The lowest BCUT2D eigenvalue weighted by Gasteiger charge is -2.34. The Balaban J connectivity index is 2.36. The van der Waals surface area contributed by atoms with Crippen molar-refractivity contribution in [2.24, 2.45) is 0 Å². The molecule has 1 fully saturated rings. The SMILES string of the molecule is CCN1CCN(c2ncnc(N(CCC#N)CCC#N)c2[N+](=O)[O-])CC1. The van der Waals surface area contributed by atoms with E-state index >= 15 is 0 Å². The molecule has 10 heteroatoms. The summed E-state index contributed by atoms with van der Waals surface area (Å²) in [5.41, 5.74) is -0.159. The van der Waals surface area contributed by atoms with Gasteiger partial charge in [0.05, 0.1) is 29.9 Å². The summed E-state index contributed by atoms with van der Waals surface area (Å²) < 4.78 is 0. The highest BCUT2D eigenvalue weighted by molar-refractivity contribution is 5.71. The summed E-state index contributed by atoms with van der Waals surface area (Å²) in [4.78, 5) is 25.4. The lowest BCUT2D eigenvalue weighted by Crippen LogP contribution is -2.46. The van der Waals surface area contributed by atoms with E-state index in [1.54, 1.807) is 4.90 Å². The summed E-state index contributed by atoms with van der Waals surface area (Å²) in [5.74, 6) is 0.470. The molecule has 0 spiro atoms. The number of likely N-dealkylation sites (N-methyl/N-ethyl adjacent to an activating group) is 1. The van der Waals surface area contributed by atoms with Gasteiger partial charge in [-0.3, -0.25) is 10.1 Å². The number of rotatable bonds is 8. The van der Waals surface area contributed by atoms with Gasteiger partial charge in [-0.1, -0.05) is 6.92 Å². The highest BCUT2D eigenvalue weighted by Gasteiger charge is 2.31. The second-order valence-electron chi connectivity index (χ2n) is 5.85. The van der Waals surface area contributed by atoms with Crippen molar-refractivity contribution in [3.8, 4) is 12.1 Å². The maximum Gasteiger partial charge on any atom is 0.353 e. The van der Waals surface area contributed by atoms with Gasteiger partial charge in [0.1, 0.15) is 6.33 Å². The number of hydrogen-bond acceptors (Lipinski definition) is 9. The molecule has 2 heterocycles. The van der Waals surface area contributed by atoms with Crippen LogP contribution in [-0.2, 0) is 0 Å². The third-order valence-corrected chi connectivity index (χ3v) is 4.37. The zero-order valence-electron chi connectivity index (χ0n) is 14.8. The van der Waals surface area contributed by atoms with Crippen LogP contribution in [0.3, 0.4) is 0 Å². The molecule has 0 amide bonds. The summed E-state index contributed by atoms with van der Waals surface area (Å²) >= 11 is 0. The van der Waals surface area contributed by atoms with E-state index in [9.17, 15) is 10.1 Å². The minimum Gasteiger partial charge on any atom is -0.349 e. The maximum atomic E-state index is 11.8. The van der Waals surface area contributed by atoms with Crippen LogP contribution >= 0.6 is 0 Å². The minimum absolute atomic E-state index is 0.159. The van der Waals surface area contributed by atoms with E-state index in [0.717, 1.165) is 19.6 Å². The van der Waals surface area contributed by atoms with Crippen molar-refractivity contribution in [1.29, 1.82) is 10.5 Å². The Morgan fingerprint density at radius 3 is 2.31 bits per heavy atom. The Bertz CT molecular complexity index is 685. The lowest BCUT2D eigenvalue weighted by atomic mass is 10.2. The third-order valence-electron chi connectivity index (χ3n) is 4.37. The van der Waals surface area contributed by atoms with Crippen LogP contribution in [0, 0.1) is 32.8 Å². The number of piperazine rings is 1. The molecule has 2 rings (SSSR count). The minimum atomic E-state index is -0.470. The predicted octanol–water partition coefficient (Wildman–Crippen LogP) is 1.16. The molecule has 0 bridgehead atoms. The van der Waals surface area contributed by atoms with Gasteiger partial charge in [-0.15, -0.1) is 0 Å². The van der Waals surface area contributed by atoms with E-state index in [1.165, 1.54) is 6.33 Å². The Labute approximate surface area is 152 Å². The first-order valence-electron chi connectivity index (χ1n) is 8.57. The van der Waals surface area contributed by atoms with E-state index in [-0.39, 0.29) is 37.4 Å². The molecular weight excluding hydrogens is 336 g/mol. The van der Waals surface area contributed by atoms with Crippen LogP contribution in [0.1, 0.15) is 19.8 Å². The van der Waals surface area contributed by atoms with Gasteiger partial charge >= 0.3 is 5.69 Å². The maximum absolute atomic E-state index is 11.8. The zero-order valence-corrected chi connectivity index (χ0v) is 14.8. The van der Waals surface area contributed by atoms with Crippen molar-refractivity contribution >= 4 is 17.3 Å². The highest BCUT2D eigenvalue weighted by atomic mass is 16.6. The Morgan fingerprint density at radius 2 is 1.81 bits per heavy atom. The fourth-order valence-corrected chi connectivity index (χ4v) is 2.96. The van der Waals surface area contributed by atoms with Gasteiger partial charge in [-0.05, 0) is 6.54 Å². The van der Waals surface area contributed by atoms with Gasteiger partial charge in [-0.2, -0.15) is 10.5 Å². The summed E-state index contributed by atoms with van der Waals surface area (Å²) in [6.45, 7) is 6.53. The largest absolute Gasteiger partial charge is 0.353 e. The molecule has 0 radical (unpaired) electrons. The molecule has 26 heavy (non-hydrogen) atoms. The number of hydrogen-bond donors (Lipinski definition) is 0. The van der Waals surface area contributed by atoms with E-state index < -0.39 is 4.92 Å². The number of nitrogens with zero attached hydrogens (tertiary/aromatic N) is 8. The first kappa shape index (κ1) is 19.3. The molecule has 0 unspecified atom stereocenters. The van der Waals surface area contributed by atoms with Gasteiger partial charge in [0.25, 0.3) is 0 Å². The highest BCUT2D eigenvalue weighted by Crippen LogP contribution is 2.34. The second-order valence-corrected chi connectivity index (χ2v) is 5.85. The monoisotopic (exact) mass is 358 g/mol. The van der Waals surface area contributed by atoms with E-state index in [1.807, 2.05) is 17.0 Å². The average molecular weight is 358 g/mol. The van der Waals surface area contributed by atoms with Crippen molar-refractivity contribution in [1.82, 2.24) is 14.9 Å². The Morgan fingerprint density at radius 1 is 1.19 bits per heavy atom. The van der Waals surface area contributed by atoms with Crippen molar-refractivity contribution in [3.63, 3.8) is 0 Å². The molecule has 1 saturated heterocycles. The summed E-state index contributed by atoms with van der Waals surface area (Å²) in [5, 5.41) is 29.5. The van der Waals surface area contributed by atoms with E-state index in [4.69, 9.17) is 10.5 Å². The van der Waals surface area contributed by atoms with Crippen LogP contribution in [0.15, 0.2) is 6.33 Å². The number of aromatic nitrogens is 2. The van der Waals surface area contributed by atoms with Crippen LogP contribution in [0.25, 0.3) is 0 Å². The standard InChI is InChI=1S/C16H22N8O2/c1-2-21-9-11-23(12-10-21)16-14(24(25)26)15(19-13-20-16)22(7-3-5-17)8-4-6-18/h13H,2-4,7-12H2,1H3. The molecule has 10 nitrogen and oxygen atoms in total. The summed E-state index contributed by atoms with van der Waals surface area (Å²) in [6.07, 6.45) is 1.70. The van der Waals surface area contributed by atoms with Crippen molar-refractivity contribution in [2.75, 3.05) is 55.6 Å². The predicted molar refractivity (Wildman–Crippen MR) is 95.7 cm³/mol. The normalized spacial score (nSPS) is 14.5. The van der Waals surface area contributed by atoms with Crippen LogP contribution in [0.2, 0.25) is 0 Å². The van der Waals surface area contributed by atoms with E-state index in [0.29, 0.717) is 18.9 Å². The first-order valence-corrected chi connectivity index (χ1v) is 8.57. The quantitative estimate of drug-likeness (QED) is 0.497. The van der Waals surface area contributed by atoms with Crippen LogP contribution in [-0.4, -0.2) is 65.6 Å². The molecular formula is C16H22N8O2. The van der Waals surface area contributed by atoms with Crippen LogP contribution < -0.4 is 9.80 Å². The van der Waals surface area contributed by atoms with Crippen molar-refractivity contribution in [3.05, 3.63) is 16.4 Å². The number of nitriles is 2. The fourth-order valence-electron chi connectivity index (χ4n) is 2.96. The molecule has 138 valence electrons. The van der Waals surface area contributed by atoms with Gasteiger partial charge in [0.2, 0.25) is 11.6 Å². The van der Waals surface area contributed by atoms with Crippen molar-refractivity contribution < 1.29 is 4.92 Å². The first-order chi connectivity index (χ1) is 12.6. The summed E-state index contributed by atoms with van der Waals surface area (Å²) in [7, 11) is 0. The van der Waals surface area contributed by atoms with Gasteiger partial charge in [0.15, 0.2) is 0 Å². The third kappa shape index (κ3) is 4.55. The Hall–Kier alpha value is -2.98. The fraction of sp³-hybridized carbons (Fsp3) is 0.625. The van der Waals surface area contributed by atoms with E-state index in [2.05, 4.69) is 21.8 Å². The topological polar surface area (TPSA) is 126 Å². The summed E-state index contributed by atoms with van der Waals surface area (Å²) in [6, 6.07) is 4.06. The van der Waals surface area contributed by atoms with Crippen molar-refractivity contribution in [2.45, 2.75) is 19.8 Å². The Kier molecular flexibility index (Phi) is 7.06. The van der Waals surface area contributed by atoms with Crippen LogP contribution in [0.5, 0.6) is 0 Å². The lowest BCUT2D eigenvalue weighted by molar-refractivity contribution is -0.383. The molecule has 0 aliphatic carbocycles. The molecule has 1 aromatic heterocycles. The molecule has 0 aromatic carbocycles. The molecule has 1 aromatic rings. The van der Waals surface area contributed by atoms with Gasteiger partial charge in [-0.25, -0.2) is 9.97 Å². The molecule has 0 N–H and O–H groups in total.